The molecule has 1 aliphatic heterocycles. The molecule has 2 fully saturated rings. The molecule has 1 saturated carbocycles. The molecule has 0 bridgehead atoms. The second kappa shape index (κ2) is 7.73. The van der Waals surface area contributed by atoms with Crippen molar-refractivity contribution in [2.45, 2.75) is 76.9 Å². The van der Waals surface area contributed by atoms with E-state index in [9.17, 15) is 0 Å². The van der Waals surface area contributed by atoms with Gasteiger partial charge in [0.05, 0.1) is 30.5 Å². The SMILES string of the molecule is CC(Cn1cncc1-c1cnn(C2CCCCC2)c1)N1CCCCC1. The average molecular weight is 342 g/mol. The highest BCUT2D eigenvalue weighted by Gasteiger charge is 2.20. The number of hydrogen-bond acceptors (Lipinski definition) is 3. The number of rotatable bonds is 5. The molecule has 1 aliphatic carbocycles. The molecule has 3 heterocycles. The molecule has 4 rings (SSSR count). The first kappa shape index (κ1) is 16.8. The maximum atomic E-state index is 4.67. The molecule has 0 spiro atoms. The minimum atomic E-state index is 0.557. The van der Waals surface area contributed by atoms with E-state index in [0.717, 1.165) is 6.54 Å². The van der Waals surface area contributed by atoms with E-state index in [2.05, 4.69) is 37.4 Å². The van der Waals surface area contributed by atoms with Crippen LogP contribution in [0.15, 0.2) is 24.9 Å². The van der Waals surface area contributed by atoms with Gasteiger partial charge in [0.15, 0.2) is 0 Å². The molecule has 0 amide bonds. The molecular formula is C20H31N5. The van der Waals surface area contributed by atoms with Gasteiger partial charge in [-0.1, -0.05) is 25.7 Å². The largest absolute Gasteiger partial charge is 0.329 e. The third-order valence-corrected chi connectivity index (χ3v) is 6.03. The first-order valence-electron chi connectivity index (χ1n) is 10.1. The van der Waals surface area contributed by atoms with Crippen LogP contribution >= 0.6 is 0 Å². The molecule has 0 N–H and O–H groups in total. The molecule has 25 heavy (non-hydrogen) atoms. The third kappa shape index (κ3) is 3.81. The normalized spacial score (nSPS) is 21.5. The van der Waals surface area contributed by atoms with Crippen LogP contribution in [-0.2, 0) is 6.54 Å². The molecule has 136 valence electrons. The van der Waals surface area contributed by atoms with E-state index in [1.165, 1.54) is 75.7 Å². The summed E-state index contributed by atoms with van der Waals surface area (Å²) in [6.45, 7) is 5.83. The van der Waals surface area contributed by atoms with Gasteiger partial charge in [0, 0.05) is 24.3 Å². The summed E-state index contributed by atoms with van der Waals surface area (Å²) >= 11 is 0. The van der Waals surface area contributed by atoms with Crippen molar-refractivity contribution >= 4 is 0 Å². The summed E-state index contributed by atoms with van der Waals surface area (Å²) in [7, 11) is 0. The number of nitrogens with zero attached hydrogens (tertiary/aromatic N) is 5. The molecule has 0 aromatic carbocycles. The Hall–Kier alpha value is -1.62. The number of hydrogen-bond donors (Lipinski definition) is 0. The van der Waals surface area contributed by atoms with Gasteiger partial charge in [-0.25, -0.2) is 4.98 Å². The van der Waals surface area contributed by atoms with Crippen LogP contribution in [0, 0.1) is 0 Å². The van der Waals surface area contributed by atoms with Gasteiger partial charge in [-0.3, -0.25) is 9.58 Å². The maximum absolute atomic E-state index is 4.67. The Morgan fingerprint density at radius 1 is 1.04 bits per heavy atom. The molecule has 5 nitrogen and oxygen atoms in total. The average Bonchev–Trinajstić information content (AvgIpc) is 3.32. The van der Waals surface area contributed by atoms with E-state index >= 15 is 0 Å². The summed E-state index contributed by atoms with van der Waals surface area (Å²) < 4.78 is 4.50. The highest BCUT2D eigenvalue weighted by Crippen LogP contribution is 2.29. The number of likely N-dealkylation sites (tertiary alicyclic amines) is 1. The lowest BCUT2D eigenvalue weighted by Crippen LogP contribution is -2.39. The summed E-state index contributed by atoms with van der Waals surface area (Å²) in [5.41, 5.74) is 2.40. The molecule has 2 aromatic rings. The first-order chi connectivity index (χ1) is 12.3. The van der Waals surface area contributed by atoms with E-state index < -0.39 is 0 Å². The monoisotopic (exact) mass is 341 g/mol. The van der Waals surface area contributed by atoms with E-state index in [4.69, 9.17) is 0 Å². The lowest BCUT2D eigenvalue weighted by Gasteiger charge is -2.32. The Morgan fingerprint density at radius 3 is 2.60 bits per heavy atom. The smallest absolute Gasteiger partial charge is 0.0951 e. The van der Waals surface area contributed by atoms with Gasteiger partial charge in [-0.15, -0.1) is 0 Å². The van der Waals surface area contributed by atoms with Gasteiger partial charge in [0.2, 0.25) is 0 Å². The quantitative estimate of drug-likeness (QED) is 0.821. The second-order valence-corrected chi connectivity index (χ2v) is 7.88. The van der Waals surface area contributed by atoms with Crippen LogP contribution in [-0.4, -0.2) is 43.4 Å². The zero-order chi connectivity index (χ0) is 17.1. The van der Waals surface area contributed by atoms with Crippen molar-refractivity contribution < 1.29 is 0 Å². The zero-order valence-corrected chi connectivity index (χ0v) is 15.5. The summed E-state index contributed by atoms with van der Waals surface area (Å²) in [6, 6.07) is 1.15. The lowest BCUT2D eigenvalue weighted by molar-refractivity contribution is 0.160. The Kier molecular flexibility index (Phi) is 5.20. The van der Waals surface area contributed by atoms with Gasteiger partial charge in [-0.05, 0) is 45.7 Å². The molecule has 2 aromatic heterocycles. The van der Waals surface area contributed by atoms with Crippen molar-refractivity contribution in [3.05, 3.63) is 24.9 Å². The summed E-state index contributed by atoms with van der Waals surface area (Å²) in [5.74, 6) is 0. The fraction of sp³-hybridized carbons (Fsp3) is 0.700. The van der Waals surface area contributed by atoms with Crippen LogP contribution in [0.5, 0.6) is 0 Å². The summed E-state index contributed by atoms with van der Waals surface area (Å²) in [4.78, 5) is 7.05. The Labute approximate surface area is 151 Å². The summed E-state index contributed by atoms with van der Waals surface area (Å²) in [5, 5.41) is 4.67. The van der Waals surface area contributed by atoms with Crippen LogP contribution in [0.2, 0.25) is 0 Å². The first-order valence-corrected chi connectivity index (χ1v) is 10.1. The van der Waals surface area contributed by atoms with Crippen LogP contribution in [0.25, 0.3) is 11.3 Å². The number of aromatic nitrogens is 4. The van der Waals surface area contributed by atoms with Gasteiger partial charge < -0.3 is 4.57 Å². The van der Waals surface area contributed by atoms with Crippen molar-refractivity contribution in [2.75, 3.05) is 13.1 Å². The second-order valence-electron chi connectivity index (χ2n) is 7.88. The Balaban J connectivity index is 1.46. The van der Waals surface area contributed by atoms with Crippen molar-refractivity contribution in [2.24, 2.45) is 0 Å². The molecule has 2 aliphatic rings. The molecule has 0 radical (unpaired) electrons. The van der Waals surface area contributed by atoms with Crippen molar-refractivity contribution in [1.82, 2.24) is 24.2 Å². The predicted molar refractivity (Wildman–Crippen MR) is 100 cm³/mol. The van der Waals surface area contributed by atoms with Gasteiger partial charge in [0.1, 0.15) is 0 Å². The molecule has 1 unspecified atom stereocenters. The maximum Gasteiger partial charge on any atom is 0.0951 e. The van der Waals surface area contributed by atoms with Gasteiger partial charge in [-0.2, -0.15) is 5.10 Å². The fourth-order valence-electron chi connectivity index (χ4n) is 4.48. The van der Waals surface area contributed by atoms with Crippen molar-refractivity contribution in [3.63, 3.8) is 0 Å². The van der Waals surface area contributed by atoms with Crippen molar-refractivity contribution in [3.8, 4) is 11.3 Å². The molecule has 1 saturated heterocycles. The minimum absolute atomic E-state index is 0.557. The van der Waals surface area contributed by atoms with Crippen LogP contribution in [0.3, 0.4) is 0 Å². The zero-order valence-electron chi connectivity index (χ0n) is 15.5. The van der Waals surface area contributed by atoms with Crippen molar-refractivity contribution in [1.29, 1.82) is 0 Å². The van der Waals surface area contributed by atoms with E-state index in [0.29, 0.717) is 12.1 Å². The van der Waals surface area contributed by atoms with Gasteiger partial charge >= 0.3 is 0 Å². The topological polar surface area (TPSA) is 38.9 Å². The Morgan fingerprint density at radius 2 is 1.80 bits per heavy atom. The highest BCUT2D eigenvalue weighted by atomic mass is 15.3. The summed E-state index contributed by atoms with van der Waals surface area (Å²) in [6.07, 6.45) is 18.9. The lowest BCUT2D eigenvalue weighted by atomic mass is 9.96. The minimum Gasteiger partial charge on any atom is -0.329 e. The molecular weight excluding hydrogens is 310 g/mol. The molecule has 5 heteroatoms. The van der Waals surface area contributed by atoms with Crippen LogP contribution in [0.1, 0.15) is 64.3 Å². The van der Waals surface area contributed by atoms with E-state index in [-0.39, 0.29) is 0 Å². The fourth-order valence-corrected chi connectivity index (χ4v) is 4.48. The Bertz CT molecular complexity index is 661. The molecule has 1 atom stereocenters. The van der Waals surface area contributed by atoms with Crippen LogP contribution in [0.4, 0.5) is 0 Å². The number of piperidine rings is 1. The van der Waals surface area contributed by atoms with E-state index in [1.807, 2.05) is 18.7 Å². The third-order valence-electron chi connectivity index (χ3n) is 6.03. The van der Waals surface area contributed by atoms with E-state index in [1.54, 1.807) is 0 Å². The van der Waals surface area contributed by atoms with Crippen LogP contribution < -0.4 is 0 Å². The standard InChI is InChI=1S/C20H31N5/c1-17(23-10-6-3-7-11-23)14-24-16-21-13-20(24)18-12-22-25(15-18)19-8-4-2-5-9-19/h12-13,15-17,19H,2-11,14H2,1H3. The highest BCUT2D eigenvalue weighted by molar-refractivity contribution is 5.56. The van der Waals surface area contributed by atoms with Gasteiger partial charge in [0.25, 0.3) is 0 Å². The number of imidazole rings is 1. The predicted octanol–water partition coefficient (Wildman–Crippen LogP) is 4.13.